The number of rotatable bonds is 4. The van der Waals surface area contributed by atoms with E-state index in [1.165, 1.54) is 5.56 Å². The topological polar surface area (TPSA) is 36.0 Å². The van der Waals surface area contributed by atoms with Gasteiger partial charge in [0.25, 0.3) is 0 Å². The molecule has 5 heteroatoms. The Kier molecular flexibility index (Phi) is 5.88. The first kappa shape index (κ1) is 18.0. The van der Waals surface area contributed by atoms with E-state index in [0.717, 1.165) is 78.3 Å². The molecule has 3 heterocycles. The number of carbonyl (C=O) groups is 1. The molecule has 0 radical (unpaired) electrons. The van der Waals surface area contributed by atoms with Gasteiger partial charge in [-0.05, 0) is 37.9 Å². The third-order valence-corrected chi connectivity index (χ3v) is 6.23. The van der Waals surface area contributed by atoms with Crippen LogP contribution < -0.4 is 0 Å². The number of benzene rings is 1. The number of nitrogens with zero attached hydrogens (tertiary/aromatic N) is 3. The predicted octanol–water partition coefficient (Wildman–Crippen LogP) is 1.83. The summed E-state index contributed by atoms with van der Waals surface area (Å²) in [5.74, 6) is 0.620. The van der Waals surface area contributed by atoms with Crippen LogP contribution in [-0.4, -0.2) is 79.1 Å². The van der Waals surface area contributed by atoms with Crippen LogP contribution in [0.3, 0.4) is 0 Å². The van der Waals surface area contributed by atoms with Crippen LogP contribution in [0, 0.1) is 5.92 Å². The lowest BCUT2D eigenvalue weighted by Gasteiger charge is -2.40. The Bertz CT molecular complexity index is 572. The fraction of sp³-hybridized carbons (Fsp3) is 0.667. The second-order valence-electron chi connectivity index (χ2n) is 7.91. The highest BCUT2D eigenvalue weighted by Crippen LogP contribution is 2.23. The molecule has 3 saturated heterocycles. The lowest BCUT2D eigenvalue weighted by molar-refractivity contribution is -0.139. The molecule has 0 bridgehead atoms. The summed E-state index contributed by atoms with van der Waals surface area (Å²) >= 11 is 0. The highest BCUT2D eigenvalue weighted by atomic mass is 16.5. The van der Waals surface area contributed by atoms with Crippen molar-refractivity contribution in [3.05, 3.63) is 35.9 Å². The molecule has 3 fully saturated rings. The van der Waals surface area contributed by atoms with E-state index in [0.29, 0.717) is 11.9 Å². The summed E-state index contributed by atoms with van der Waals surface area (Å²) in [6.45, 7) is 8.62. The zero-order valence-electron chi connectivity index (χ0n) is 15.7. The molecule has 4 rings (SSSR count). The first-order valence-corrected chi connectivity index (χ1v) is 10.2. The molecule has 0 aliphatic carbocycles. The van der Waals surface area contributed by atoms with Crippen molar-refractivity contribution in [3.8, 4) is 0 Å². The molecule has 0 spiro atoms. The molecule has 0 saturated carbocycles. The normalized spacial score (nSPS) is 26.3. The second kappa shape index (κ2) is 8.51. The fourth-order valence-corrected chi connectivity index (χ4v) is 4.56. The van der Waals surface area contributed by atoms with E-state index >= 15 is 0 Å². The molecule has 1 atom stereocenters. The highest BCUT2D eigenvalue weighted by molar-refractivity contribution is 5.79. The summed E-state index contributed by atoms with van der Waals surface area (Å²) in [6.07, 6.45) is 3.15. The average Bonchev–Trinajstić information content (AvgIpc) is 3.24. The summed E-state index contributed by atoms with van der Waals surface area (Å²) in [6, 6.07) is 11.2. The summed E-state index contributed by atoms with van der Waals surface area (Å²) < 4.78 is 5.51. The van der Waals surface area contributed by atoms with Crippen molar-refractivity contribution < 1.29 is 9.53 Å². The predicted molar refractivity (Wildman–Crippen MR) is 102 cm³/mol. The quantitative estimate of drug-likeness (QED) is 0.824. The van der Waals surface area contributed by atoms with E-state index in [-0.39, 0.29) is 5.92 Å². The molecular formula is C21H31N3O2. The summed E-state index contributed by atoms with van der Waals surface area (Å²) in [7, 11) is 0. The van der Waals surface area contributed by atoms with Crippen LogP contribution in [0.5, 0.6) is 0 Å². The van der Waals surface area contributed by atoms with Crippen molar-refractivity contribution in [1.82, 2.24) is 14.7 Å². The maximum Gasteiger partial charge on any atom is 0.225 e. The smallest absolute Gasteiger partial charge is 0.225 e. The summed E-state index contributed by atoms with van der Waals surface area (Å²) in [5.41, 5.74) is 1.37. The van der Waals surface area contributed by atoms with Crippen LogP contribution in [0.15, 0.2) is 30.3 Å². The van der Waals surface area contributed by atoms with E-state index in [2.05, 4.69) is 45.0 Å². The Morgan fingerprint density at radius 2 is 1.69 bits per heavy atom. The van der Waals surface area contributed by atoms with Crippen molar-refractivity contribution in [2.75, 3.05) is 52.5 Å². The van der Waals surface area contributed by atoms with Crippen molar-refractivity contribution in [2.24, 2.45) is 5.92 Å². The Morgan fingerprint density at radius 3 is 2.35 bits per heavy atom. The van der Waals surface area contributed by atoms with Gasteiger partial charge in [-0.15, -0.1) is 0 Å². The number of carbonyl (C=O) groups excluding carboxylic acids is 1. The minimum Gasteiger partial charge on any atom is -0.380 e. The lowest BCUT2D eigenvalue weighted by Crippen LogP contribution is -2.54. The molecular weight excluding hydrogens is 326 g/mol. The zero-order chi connectivity index (χ0) is 17.8. The van der Waals surface area contributed by atoms with Crippen LogP contribution in [0.2, 0.25) is 0 Å². The van der Waals surface area contributed by atoms with Crippen molar-refractivity contribution >= 4 is 5.91 Å². The average molecular weight is 357 g/mol. The zero-order valence-corrected chi connectivity index (χ0v) is 15.7. The van der Waals surface area contributed by atoms with Gasteiger partial charge < -0.3 is 9.64 Å². The van der Waals surface area contributed by atoms with E-state index in [1.54, 1.807) is 0 Å². The first-order valence-electron chi connectivity index (χ1n) is 10.2. The number of hydrogen-bond donors (Lipinski definition) is 0. The van der Waals surface area contributed by atoms with Gasteiger partial charge in [0.15, 0.2) is 0 Å². The van der Waals surface area contributed by atoms with E-state index in [9.17, 15) is 4.79 Å². The molecule has 1 unspecified atom stereocenters. The Hall–Kier alpha value is -1.43. The molecule has 26 heavy (non-hydrogen) atoms. The number of piperidine rings is 1. The van der Waals surface area contributed by atoms with Gasteiger partial charge >= 0.3 is 0 Å². The van der Waals surface area contributed by atoms with Crippen molar-refractivity contribution in [3.63, 3.8) is 0 Å². The fourth-order valence-electron chi connectivity index (χ4n) is 4.56. The van der Waals surface area contributed by atoms with Gasteiger partial charge in [0, 0.05) is 51.3 Å². The Balaban J connectivity index is 1.21. The molecule has 1 amide bonds. The van der Waals surface area contributed by atoms with Gasteiger partial charge in [-0.25, -0.2) is 0 Å². The largest absolute Gasteiger partial charge is 0.380 e. The third-order valence-electron chi connectivity index (χ3n) is 6.23. The Morgan fingerprint density at radius 1 is 0.962 bits per heavy atom. The Labute approximate surface area is 156 Å². The van der Waals surface area contributed by atoms with Gasteiger partial charge in [0.2, 0.25) is 5.91 Å². The van der Waals surface area contributed by atoms with E-state index in [4.69, 9.17) is 4.74 Å². The van der Waals surface area contributed by atoms with Crippen molar-refractivity contribution in [1.29, 1.82) is 0 Å². The molecule has 3 aliphatic heterocycles. The highest BCUT2D eigenvalue weighted by Gasteiger charge is 2.32. The monoisotopic (exact) mass is 357 g/mol. The second-order valence-corrected chi connectivity index (χ2v) is 7.91. The summed E-state index contributed by atoms with van der Waals surface area (Å²) in [5, 5.41) is 0. The number of hydrogen-bond acceptors (Lipinski definition) is 4. The number of amides is 1. The van der Waals surface area contributed by atoms with E-state index < -0.39 is 0 Å². The molecule has 3 aliphatic rings. The maximum atomic E-state index is 12.9. The molecule has 1 aromatic rings. The SMILES string of the molecule is O=C(C1CCN(Cc2ccccc2)CC1)N1CCN(C2CCOC2)CC1. The van der Waals surface area contributed by atoms with Gasteiger partial charge in [-0.1, -0.05) is 30.3 Å². The molecule has 5 nitrogen and oxygen atoms in total. The van der Waals surface area contributed by atoms with Crippen LogP contribution in [0.1, 0.15) is 24.8 Å². The van der Waals surface area contributed by atoms with Crippen LogP contribution in [0.25, 0.3) is 0 Å². The van der Waals surface area contributed by atoms with Gasteiger partial charge in [0.1, 0.15) is 0 Å². The molecule has 0 aromatic heterocycles. The van der Waals surface area contributed by atoms with Crippen LogP contribution in [-0.2, 0) is 16.1 Å². The van der Waals surface area contributed by atoms with Gasteiger partial charge in [0.05, 0.1) is 6.61 Å². The van der Waals surface area contributed by atoms with Gasteiger partial charge in [-0.3, -0.25) is 14.6 Å². The minimum atomic E-state index is 0.225. The number of likely N-dealkylation sites (tertiary alicyclic amines) is 1. The molecule has 142 valence electrons. The van der Waals surface area contributed by atoms with Crippen LogP contribution in [0.4, 0.5) is 0 Å². The number of piperazine rings is 1. The molecule has 0 N–H and O–H groups in total. The van der Waals surface area contributed by atoms with E-state index in [1.807, 2.05) is 0 Å². The summed E-state index contributed by atoms with van der Waals surface area (Å²) in [4.78, 5) is 20.0. The minimum absolute atomic E-state index is 0.225. The number of ether oxygens (including phenoxy) is 1. The lowest BCUT2D eigenvalue weighted by atomic mass is 9.94. The van der Waals surface area contributed by atoms with Crippen LogP contribution >= 0.6 is 0 Å². The molecule has 1 aromatic carbocycles. The third kappa shape index (κ3) is 4.27. The van der Waals surface area contributed by atoms with Crippen molar-refractivity contribution in [2.45, 2.75) is 31.8 Å². The first-order chi connectivity index (χ1) is 12.8. The standard InChI is InChI=1S/C21H31N3O2/c25-21(24-13-11-23(12-14-24)20-8-15-26-17-20)19-6-9-22(10-7-19)16-18-4-2-1-3-5-18/h1-5,19-20H,6-17H2. The van der Waals surface area contributed by atoms with Gasteiger partial charge in [-0.2, -0.15) is 0 Å². The maximum absolute atomic E-state index is 12.9.